The summed E-state index contributed by atoms with van der Waals surface area (Å²) in [6.07, 6.45) is -7.54. The van der Waals surface area contributed by atoms with Gasteiger partial charge in [0.25, 0.3) is 0 Å². The van der Waals surface area contributed by atoms with Crippen LogP contribution in [0, 0.1) is 0 Å². The van der Waals surface area contributed by atoms with Crippen LogP contribution in [0.25, 0.3) is 0 Å². The van der Waals surface area contributed by atoms with Crippen LogP contribution in [0.15, 0.2) is 22.8 Å². The first-order chi connectivity index (χ1) is 8.91. The number of alkyl halides is 7. The summed E-state index contributed by atoms with van der Waals surface area (Å²) in [6, 6.07) is 2.08. The van der Waals surface area contributed by atoms with E-state index >= 15 is 0 Å². The van der Waals surface area contributed by atoms with Gasteiger partial charge >= 0.3 is 18.0 Å². The Hall–Kier alpha value is -1.36. The zero-order valence-electron chi connectivity index (χ0n) is 9.64. The third-order valence-electron chi connectivity index (χ3n) is 2.22. The Labute approximate surface area is 122 Å². The van der Waals surface area contributed by atoms with Gasteiger partial charge < -0.3 is 4.42 Å². The molecule has 121 valence electrons. The Bertz CT molecular complexity index is 507. The maximum Gasteiger partial charge on any atom is 0.460 e. The van der Waals surface area contributed by atoms with Crippen molar-refractivity contribution in [3.8, 4) is 0 Å². The summed E-state index contributed by atoms with van der Waals surface area (Å²) < 4.78 is 90.7. The fourth-order valence-corrected chi connectivity index (χ4v) is 1.13. The van der Waals surface area contributed by atoms with Gasteiger partial charge in [-0.15, -0.1) is 0 Å². The topological polar surface area (TPSA) is 47.3 Å². The number of hydrogen-bond acceptors (Lipinski definition) is 3. The van der Waals surface area contributed by atoms with Crippen LogP contribution in [0.2, 0.25) is 0 Å². The van der Waals surface area contributed by atoms with Crippen molar-refractivity contribution >= 4 is 11.6 Å². The third-order valence-corrected chi connectivity index (χ3v) is 2.22. The zero-order chi connectivity index (χ0) is 15.8. The Morgan fingerprint density at radius 3 is 1.95 bits per heavy atom. The second-order valence-corrected chi connectivity index (χ2v) is 3.65. The van der Waals surface area contributed by atoms with Crippen LogP contribution < -0.4 is 0 Å². The quantitative estimate of drug-likeness (QED) is 0.457. The number of rotatable bonds is 5. The first-order valence-corrected chi connectivity index (χ1v) is 4.83. The van der Waals surface area contributed by atoms with Crippen LogP contribution in [0.1, 0.15) is 17.0 Å². The smallest absolute Gasteiger partial charge is 0.460 e. The number of halogens is 7. The number of carbonyl (C=O) groups excluding carboxylic acids is 2. The van der Waals surface area contributed by atoms with Crippen LogP contribution in [0.4, 0.5) is 30.7 Å². The second kappa shape index (κ2) is 6.18. The summed E-state index contributed by atoms with van der Waals surface area (Å²) in [5.74, 6) is -17.5. The van der Waals surface area contributed by atoms with E-state index in [0.717, 1.165) is 18.4 Å². The monoisotopic (exact) mass is 365 g/mol. The molecule has 0 aliphatic carbocycles. The minimum Gasteiger partial charge on any atom is -0.461 e. The molecule has 1 rings (SSSR count). The van der Waals surface area contributed by atoms with E-state index in [1.54, 1.807) is 0 Å². The van der Waals surface area contributed by atoms with E-state index in [1.165, 1.54) is 0 Å². The molecule has 0 aromatic carbocycles. The Kier molecular flexibility index (Phi) is 5.78. The fraction of sp³-hybridized carbons (Fsp3) is 0.400. The number of hydrogen-bond donors (Lipinski definition) is 0. The zero-order valence-corrected chi connectivity index (χ0v) is 10.7. The molecule has 0 atom stereocenters. The van der Waals surface area contributed by atoms with Gasteiger partial charge in [0.15, 0.2) is 5.76 Å². The summed E-state index contributed by atoms with van der Waals surface area (Å²) in [6.45, 7) is 0. The van der Waals surface area contributed by atoms with Crippen molar-refractivity contribution < 1.29 is 61.5 Å². The molecule has 0 bridgehead atoms. The minimum absolute atomic E-state index is 0. The van der Waals surface area contributed by atoms with Crippen molar-refractivity contribution in [2.45, 2.75) is 24.4 Å². The van der Waals surface area contributed by atoms with Crippen LogP contribution >= 0.6 is 0 Å². The van der Waals surface area contributed by atoms with Gasteiger partial charge in [0, 0.05) is 16.8 Å². The molecule has 0 fully saturated rings. The van der Waals surface area contributed by atoms with Crippen LogP contribution in [0.3, 0.4) is 0 Å². The molecular weight excluding hydrogens is 360 g/mol. The van der Waals surface area contributed by atoms with Crippen LogP contribution in [-0.2, 0) is 21.6 Å². The van der Waals surface area contributed by atoms with Gasteiger partial charge in [-0.05, 0) is 12.1 Å². The van der Waals surface area contributed by atoms with Crippen molar-refractivity contribution in [1.82, 2.24) is 0 Å². The Balaban J connectivity index is 0.00000400. The largest absolute Gasteiger partial charge is 0.461 e. The van der Waals surface area contributed by atoms with E-state index in [-0.39, 0.29) is 16.8 Å². The van der Waals surface area contributed by atoms with Crippen molar-refractivity contribution in [2.75, 3.05) is 0 Å². The summed E-state index contributed by atoms with van der Waals surface area (Å²) in [5, 5.41) is 0. The van der Waals surface area contributed by atoms with Gasteiger partial charge in [0.1, 0.15) is 0 Å². The van der Waals surface area contributed by atoms with Crippen molar-refractivity contribution in [3.63, 3.8) is 0 Å². The predicted molar refractivity (Wildman–Crippen MR) is 48.6 cm³/mol. The molecule has 1 radical (unpaired) electrons. The molecule has 0 aliphatic heterocycles. The second-order valence-electron chi connectivity index (χ2n) is 3.65. The van der Waals surface area contributed by atoms with Gasteiger partial charge in [-0.1, -0.05) is 0 Å². The van der Waals surface area contributed by atoms with Gasteiger partial charge in [-0.3, -0.25) is 9.59 Å². The normalized spacial score (nSPS) is 12.7. The van der Waals surface area contributed by atoms with E-state index in [9.17, 15) is 40.3 Å². The summed E-state index contributed by atoms with van der Waals surface area (Å²) in [4.78, 5) is 22.0. The predicted octanol–water partition coefficient (Wildman–Crippen LogP) is 3.25. The molecule has 0 amide bonds. The van der Waals surface area contributed by atoms with E-state index in [0.29, 0.717) is 0 Å². The van der Waals surface area contributed by atoms with E-state index in [4.69, 9.17) is 0 Å². The molecule has 11 heteroatoms. The van der Waals surface area contributed by atoms with Crippen LogP contribution in [0.5, 0.6) is 0 Å². The van der Waals surface area contributed by atoms with Crippen molar-refractivity contribution in [2.24, 2.45) is 0 Å². The summed E-state index contributed by atoms with van der Waals surface area (Å²) >= 11 is 0. The molecule has 0 N–H and O–H groups in total. The average molecular weight is 365 g/mol. The molecule has 3 nitrogen and oxygen atoms in total. The fourth-order valence-electron chi connectivity index (χ4n) is 1.13. The maximum absolute atomic E-state index is 12.9. The summed E-state index contributed by atoms with van der Waals surface area (Å²) in [5.41, 5.74) is 0. The molecule has 1 heterocycles. The SMILES string of the molecule is O=C(CC(=O)C(F)(F)C(F)(F)C(F)(F)F)c1ccco1.[Co]. The van der Waals surface area contributed by atoms with E-state index in [1.807, 2.05) is 0 Å². The average Bonchev–Trinajstić information content (AvgIpc) is 2.80. The Morgan fingerprint density at radius 2 is 1.57 bits per heavy atom. The van der Waals surface area contributed by atoms with Crippen molar-refractivity contribution in [3.05, 3.63) is 24.2 Å². The molecule has 0 aliphatic rings. The molecule has 0 saturated carbocycles. The molecule has 0 saturated heterocycles. The number of ketones is 2. The van der Waals surface area contributed by atoms with E-state index < -0.39 is 41.8 Å². The van der Waals surface area contributed by atoms with Gasteiger partial charge in [-0.25, -0.2) is 0 Å². The third kappa shape index (κ3) is 3.64. The molecule has 0 spiro atoms. The minimum atomic E-state index is -6.63. The van der Waals surface area contributed by atoms with Gasteiger partial charge in [-0.2, -0.15) is 30.7 Å². The van der Waals surface area contributed by atoms with Gasteiger partial charge in [0.05, 0.1) is 12.7 Å². The molecule has 1 aromatic heterocycles. The van der Waals surface area contributed by atoms with Crippen LogP contribution in [-0.4, -0.2) is 29.6 Å². The number of Topliss-reactive ketones (excluding diaryl/α,β-unsaturated/α-hetero) is 2. The number of carbonyl (C=O) groups is 2. The number of furan rings is 1. The standard InChI is InChI=1S/C10H5F7O3.Co/c11-8(12,9(13,14)10(15,16)17)7(19)4-5(18)6-2-1-3-20-6;/h1-3H,4H2;. The Morgan fingerprint density at radius 1 is 1.05 bits per heavy atom. The summed E-state index contributed by atoms with van der Waals surface area (Å²) in [7, 11) is 0. The molecule has 1 aromatic rings. The molecule has 21 heavy (non-hydrogen) atoms. The maximum atomic E-state index is 12.9. The van der Waals surface area contributed by atoms with E-state index in [2.05, 4.69) is 4.42 Å². The van der Waals surface area contributed by atoms with Crippen molar-refractivity contribution in [1.29, 1.82) is 0 Å². The first-order valence-electron chi connectivity index (χ1n) is 4.83. The molecular formula is C10H5CoF7O3. The first kappa shape index (κ1) is 19.6. The molecule has 0 unspecified atom stereocenters. The van der Waals surface area contributed by atoms with Gasteiger partial charge in [0.2, 0.25) is 11.6 Å².